The summed E-state index contributed by atoms with van der Waals surface area (Å²) in [7, 11) is 2.94. The van der Waals surface area contributed by atoms with Crippen LogP contribution in [0.1, 0.15) is 37.0 Å². The largest absolute Gasteiger partial charge is 0.493 e. The Morgan fingerprint density at radius 2 is 1.81 bits per heavy atom. The summed E-state index contributed by atoms with van der Waals surface area (Å²) < 4.78 is 33.1. The SMILES string of the molecule is C=CCOC(=O)N1c2cc(OC)c(OC)cc2C(=O)N2CC[C@@H](OCC(=O)OCC)C[C@H]2C1OCC. The number of nitrogens with zero attached hydrogens (tertiary/aromatic N) is 2. The lowest BCUT2D eigenvalue weighted by atomic mass is 9.97. The Balaban J connectivity index is 2.05. The molecule has 3 atom stereocenters. The first-order valence-corrected chi connectivity index (χ1v) is 11.9. The molecule has 1 unspecified atom stereocenters. The molecule has 36 heavy (non-hydrogen) atoms. The number of methoxy groups -OCH3 is 2. The van der Waals surface area contributed by atoms with Crippen molar-refractivity contribution in [2.45, 2.75) is 45.1 Å². The van der Waals surface area contributed by atoms with Gasteiger partial charge in [0.15, 0.2) is 17.7 Å². The molecule has 198 valence electrons. The van der Waals surface area contributed by atoms with E-state index in [0.717, 1.165) is 0 Å². The molecule has 2 aliphatic rings. The van der Waals surface area contributed by atoms with Gasteiger partial charge in [0.05, 0.1) is 44.2 Å². The van der Waals surface area contributed by atoms with Gasteiger partial charge in [-0.3, -0.25) is 4.79 Å². The molecule has 0 saturated carbocycles. The highest BCUT2D eigenvalue weighted by Crippen LogP contribution is 2.41. The van der Waals surface area contributed by atoms with Gasteiger partial charge in [-0.15, -0.1) is 0 Å². The molecule has 0 N–H and O–H groups in total. The van der Waals surface area contributed by atoms with Gasteiger partial charge < -0.3 is 33.3 Å². The van der Waals surface area contributed by atoms with Crippen LogP contribution in [0.3, 0.4) is 0 Å². The lowest BCUT2D eigenvalue weighted by molar-refractivity contribution is -0.152. The number of anilines is 1. The zero-order valence-corrected chi connectivity index (χ0v) is 21.2. The summed E-state index contributed by atoms with van der Waals surface area (Å²) in [6, 6.07) is 2.55. The van der Waals surface area contributed by atoms with E-state index < -0.39 is 24.3 Å². The van der Waals surface area contributed by atoms with E-state index in [1.165, 1.54) is 25.2 Å². The van der Waals surface area contributed by atoms with Crippen LogP contribution in [0.5, 0.6) is 11.5 Å². The van der Waals surface area contributed by atoms with Crippen molar-refractivity contribution in [2.75, 3.05) is 52.1 Å². The zero-order chi connectivity index (χ0) is 26.2. The first kappa shape index (κ1) is 27.3. The Kier molecular flexibility index (Phi) is 9.54. The third-order valence-electron chi connectivity index (χ3n) is 6.03. The number of rotatable bonds is 10. The third-order valence-corrected chi connectivity index (χ3v) is 6.03. The summed E-state index contributed by atoms with van der Waals surface area (Å²) in [6.07, 6.45) is 0.365. The van der Waals surface area contributed by atoms with Crippen molar-refractivity contribution in [2.24, 2.45) is 0 Å². The first-order chi connectivity index (χ1) is 17.4. The van der Waals surface area contributed by atoms with Crippen molar-refractivity contribution in [1.82, 2.24) is 4.90 Å². The fourth-order valence-corrected chi connectivity index (χ4v) is 4.49. The van der Waals surface area contributed by atoms with Gasteiger partial charge in [0.2, 0.25) is 0 Å². The van der Waals surface area contributed by atoms with E-state index in [1.54, 1.807) is 30.9 Å². The molecular formula is C25H34N2O9. The molecule has 3 rings (SSSR count). The summed E-state index contributed by atoms with van der Waals surface area (Å²) in [4.78, 5) is 42.0. The van der Waals surface area contributed by atoms with Crippen LogP contribution >= 0.6 is 0 Å². The molecule has 2 amide bonds. The average Bonchev–Trinajstić information content (AvgIpc) is 2.98. The minimum Gasteiger partial charge on any atom is -0.493 e. The smallest absolute Gasteiger partial charge is 0.416 e. The maximum Gasteiger partial charge on any atom is 0.416 e. The maximum atomic E-state index is 13.8. The van der Waals surface area contributed by atoms with Crippen LogP contribution in [0.15, 0.2) is 24.8 Å². The van der Waals surface area contributed by atoms with Crippen LogP contribution in [0.2, 0.25) is 0 Å². The van der Waals surface area contributed by atoms with Crippen LogP contribution in [0.25, 0.3) is 0 Å². The summed E-state index contributed by atoms with van der Waals surface area (Å²) in [6.45, 7) is 7.78. The normalized spacial score (nSPS) is 21.1. The van der Waals surface area contributed by atoms with E-state index in [-0.39, 0.29) is 49.7 Å². The van der Waals surface area contributed by atoms with Gasteiger partial charge in [-0.25, -0.2) is 14.5 Å². The minimum atomic E-state index is -0.885. The molecule has 11 nitrogen and oxygen atoms in total. The van der Waals surface area contributed by atoms with Gasteiger partial charge in [0.25, 0.3) is 5.91 Å². The number of amides is 2. The number of esters is 1. The minimum absolute atomic E-state index is 0.0234. The second-order valence-electron chi connectivity index (χ2n) is 8.13. The van der Waals surface area contributed by atoms with Crippen LogP contribution in [-0.4, -0.2) is 88.4 Å². The Bertz CT molecular complexity index is 967. The summed E-state index contributed by atoms with van der Waals surface area (Å²) in [5.41, 5.74) is 0.532. The van der Waals surface area contributed by atoms with Gasteiger partial charge in [-0.05, 0) is 32.8 Å². The van der Waals surface area contributed by atoms with Crippen LogP contribution in [0.4, 0.5) is 10.5 Å². The number of ether oxygens (including phenoxy) is 6. The standard InChI is InChI=1S/C25H34N2O9/c1-6-11-35-25(30)27-18-14-21(32-5)20(31-4)13-17(18)23(29)26-10-9-16(36-15-22(28)33-7-2)12-19(26)24(27)34-8-3/h6,13-14,16,19,24H,1,7-12,15H2,2-5H3/t16-,19+,24?/m1/s1. The molecule has 0 bridgehead atoms. The Labute approximate surface area is 210 Å². The molecule has 1 aromatic carbocycles. The van der Waals surface area contributed by atoms with E-state index in [4.69, 9.17) is 28.4 Å². The monoisotopic (exact) mass is 506 g/mol. The highest BCUT2D eigenvalue weighted by molar-refractivity contribution is 6.06. The predicted octanol–water partition coefficient (Wildman–Crippen LogP) is 2.76. The maximum absolute atomic E-state index is 13.8. The zero-order valence-electron chi connectivity index (χ0n) is 21.2. The van der Waals surface area contributed by atoms with Crippen molar-refractivity contribution >= 4 is 23.7 Å². The van der Waals surface area contributed by atoms with Crippen molar-refractivity contribution in [3.8, 4) is 11.5 Å². The number of hydrogen-bond donors (Lipinski definition) is 0. The van der Waals surface area contributed by atoms with Gasteiger partial charge in [-0.1, -0.05) is 12.7 Å². The molecule has 11 heteroatoms. The average molecular weight is 507 g/mol. The lowest BCUT2D eigenvalue weighted by Gasteiger charge is -2.43. The molecular weight excluding hydrogens is 472 g/mol. The molecule has 1 saturated heterocycles. The van der Waals surface area contributed by atoms with E-state index in [2.05, 4.69) is 6.58 Å². The van der Waals surface area contributed by atoms with E-state index in [9.17, 15) is 14.4 Å². The molecule has 0 radical (unpaired) electrons. The molecule has 0 aliphatic carbocycles. The Hall–Kier alpha value is -3.31. The first-order valence-electron chi connectivity index (χ1n) is 11.9. The summed E-state index contributed by atoms with van der Waals surface area (Å²) in [5, 5.41) is 0. The number of benzene rings is 1. The molecule has 1 aromatic rings. The van der Waals surface area contributed by atoms with Crippen molar-refractivity contribution < 1.29 is 42.8 Å². The second kappa shape index (κ2) is 12.6. The number of carbonyl (C=O) groups is 3. The van der Waals surface area contributed by atoms with Gasteiger partial charge >= 0.3 is 12.1 Å². The highest BCUT2D eigenvalue weighted by atomic mass is 16.6. The van der Waals surface area contributed by atoms with E-state index in [1.807, 2.05) is 0 Å². The van der Waals surface area contributed by atoms with Crippen molar-refractivity contribution in [3.63, 3.8) is 0 Å². The Morgan fingerprint density at radius 1 is 1.08 bits per heavy atom. The molecule has 2 heterocycles. The number of piperidine rings is 1. The topological polar surface area (TPSA) is 113 Å². The fraction of sp³-hybridized carbons (Fsp3) is 0.560. The molecule has 1 fully saturated rings. The highest BCUT2D eigenvalue weighted by Gasteiger charge is 2.47. The third kappa shape index (κ3) is 5.73. The molecule has 0 spiro atoms. The van der Waals surface area contributed by atoms with E-state index in [0.29, 0.717) is 30.9 Å². The summed E-state index contributed by atoms with van der Waals surface area (Å²) in [5.74, 6) is -0.0533. The van der Waals surface area contributed by atoms with Crippen LogP contribution in [-0.2, 0) is 23.7 Å². The second-order valence-corrected chi connectivity index (χ2v) is 8.13. The number of carbonyl (C=O) groups excluding carboxylic acids is 3. The fourth-order valence-electron chi connectivity index (χ4n) is 4.49. The van der Waals surface area contributed by atoms with Crippen LogP contribution < -0.4 is 14.4 Å². The van der Waals surface area contributed by atoms with E-state index >= 15 is 0 Å². The van der Waals surface area contributed by atoms with Crippen molar-refractivity contribution in [3.05, 3.63) is 30.4 Å². The predicted molar refractivity (Wildman–Crippen MR) is 129 cm³/mol. The summed E-state index contributed by atoms with van der Waals surface area (Å²) >= 11 is 0. The quantitative estimate of drug-likeness (QED) is 0.349. The number of fused-ring (bicyclic) bond motifs is 2. The molecule has 0 aromatic heterocycles. The lowest BCUT2D eigenvalue weighted by Crippen LogP contribution is -2.58. The van der Waals surface area contributed by atoms with Crippen molar-refractivity contribution in [1.29, 1.82) is 0 Å². The Morgan fingerprint density at radius 3 is 2.44 bits per heavy atom. The molecule has 2 aliphatic heterocycles. The number of hydrogen-bond acceptors (Lipinski definition) is 9. The van der Waals surface area contributed by atoms with Gasteiger partial charge in [0, 0.05) is 19.2 Å². The van der Waals surface area contributed by atoms with Crippen LogP contribution in [0, 0.1) is 0 Å². The van der Waals surface area contributed by atoms with Gasteiger partial charge in [-0.2, -0.15) is 0 Å². The van der Waals surface area contributed by atoms with Gasteiger partial charge in [0.1, 0.15) is 13.2 Å².